The lowest BCUT2D eigenvalue weighted by Crippen LogP contribution is -2.25. The Morgan fingerprint density at radius 1 is 1.45 bits per heavy atom. The summed E-state index contributed by atoms with van der Waals surface area (Å²) in [5.41, 5.74) is 1.00. The minimum absolute atomic E-state index is 0.0251. The van der Waals surface area contributed by atoms with Crippen LogP contribution in [0.3, 0.4) is 0 Å². The lowest BCUT2D eigenvalue weighted by Gasteiger charge is -2.09. The highest BCUT2D eigenvalue weighted by molar-refractivity contribution is 9.10. The van der Waals surface area contributed by atoms with Crippen molar-refractivity contribution >= 4 is 33.5 Å². The second-order valence-electron chi connectivity index (χ2n) is 5.26. The average molecular weight is 338 g/mol. The molecule has 1 aromatic carbocycles. The van der Waals surface area contributed by atoms with Crippen molar-refractivity contribution in [2.45, 2.75) is 25.7 Å². The first kappa shape index (κ1) is 13.6. The zero-order chi connectivity index (χ0) is 14.5. The van der Waals surface area contributed by atoms with E-state index in [0.717, 1.165) is 22.1 Å². The van der Waals surface area contributed by atoms with Crippen molar-refractivity contribution in [3.63, 3.8) is 0 Å². The van der Waals surface area contributed by atoms with E-state index in [1.165, 1.54) is 0 Å². The molecule has 1 heterocycles. The number of carbonyl (C=O) groups excluding carboxylic acids is 2. The number of halogens is 1. The lowest BCUT2D eigenvalue weighted by atomic mass is 9.92. The lowest BCUT2D eigenvalue weighted by molar-refractivity contribution is -0.146. The minimum atomic E-state index is -0.722. The fourth-order valence-electron chi connectivity index (χ4n) is 3.59. The maximum absolute atomic E-state index is 12.5. The molecule has 4 nitrogen and oxygen atoms in total. The van der Waals surface area contributed by atoms with Crippen LogP contribution in [-0.4, -0.2) is 18.5 Å². The van der Waals surface area contributed by atoms with Crippen LogP contribution < -0.4 is 5.32 Å². The maximum Gasteiger partial charge on any atom is 0.310 e. The Balaban J connectivity index is 2.07. The Kier molecular flexibility index (Phi) is 3.12. The average Bonchev–Trinajstić information content (AvgIpc) is 3.02. The smallest absolute Gasteiger partial charge is 0.310 e. The summed E-state index contributed by atoms with van der Waals surface area (Å²) >= 11 is 3.44. The van der Waals surface area contributed by atoms with E-state index < -0.39 is 5.41 Å². The first-order chi connectivity index (χ1) is 9.57. The van der Waals surface area contributed by atoms with Crippen LogP contribution in [0.2, 0.25) is 0 Å². The summed E-state index contributed by atoms with van der Waals surface area (Å²) in [5, 5.41) is 2.90. The summed E-state index contributed by atoms with van der Waals surface area (Å²) in [5.74, 6) is -0.669. The molecule has 1 aromatic rings. The molecule has 1 aliphatic heterocycles. The maximum atomic E-state index is 12.5. The van der Waals surface area contributed by atoms with Crippen molar-refractivity contribution in [2.75, 3.05) is 11.9 Å². The summed E-state index contributed by atoms with van der Waals surface area (Å²) in [7, 11) is 0. The molecule has 2 aliphatic rings. The molecule has 0 radical (unpaired) electrons. The van der Waals surface area contributed by atoms with Gasteiger partial charge in [0.25, 0.3) is 0 Å². The number of hydrogen-bond donors (Lipinski definition) is 1. The highest BCUT2D eigenvalue weighted by atomic mass is 79.9. The fraction of sp³-hybridized carbons (Fsp3) is 0.467. The van der Waals surface area contributed by atoms with Gasteiger partial charge in [-0.3, -0.25) is 9.59 Å². The third-order valence-corrected chi connectivity index (χ3v) is 4.89. The molecule has 1 spiro atoms. The van der Waals surface area contributed by atoms with E-state index in [-0.39, 0.29) is 23.7 Å². The molecule has 1 saturated carbocycles. The molecule has 1 fully saturated rings. The number of carbonyl (C=O) groups is 2. The van der Waals surface area contributed by atoms with Gasteiger partial charge in [-0.05, 0) is 36.6 Å². The molecule has 1 amide bonds. The van der Waals surface area contributed by atoms with Gasteiger partial charge in [-0.2, -0.15) is 0 Å². The Morgan fingerprint density at radius 2 is 2.20 bits per heavy atom. The Bertz CT molecular complexity index is 601. The number of anilines is 1. The van der Waals surface area contributed by atoms with Crippen LogP contribution in [0.15, 0.2) is 22.7 Å². The monoisotopic (exact) mass is 337 g/mol. The molecule has 1 N–H and O–H groups in total. The molecule has 0 bridgehead atoms. The van der Waals surface area contributed by atoms with E-state index in [4.69, 9.17) is 4.74 Å². The summed E-state index contributed by atoms with van der Waals surface area (Å²) < 4.78 is 6.06. The number of hydrogen-bond acceptors (Lipinski definition) is 3. The van der Waals surface area contributed by atoms with Crippen molar-refractivity contribution in [1.82, 2.24) is 0 Å². The van der Waals surface area contributed by atoms with E-state index in [1.54, 1.807) is 6.92 Å². The fourth-order valence-corrected chi connectivity index (χ4v) is 3.95. The summed E-state index contributed by atoms with van der Waals surface area (Å²) in [6, 6.07) is 5.70. The molecular weight excluding hydrogens is 322 g/mol. The van der Waals surface area contributed by atoms with Crippen molar-refractivity contribution in [2.24, 2.45) is 11.8 Å². The molecule has 1 aliphatic carbocycles. The van der Waals surface area contributed by atoms with Crippen LogP contribution in [0.5, 0.6) is 0 Å². The van der Waals surface area contributed by atoms with Gasteiger partial charge >= 0.3 is 5.97 Å². The zero-order valence-corrected chi connectivity index (χ0v) is 13.0. The van der Waals surface area contributed by atoms with Gasteiger partial charge in [0.1, 0.15) is 0 Å². The predicted molar refractivity (Wildman–Crippen MR) is 78.4 cm³/mol. The Labute approximate surface area is 126 Å². The first-order valence-electron chi connectivity index (χ1n) is 6.85. The van der Waals surface area contributed by atoms with Gasteiger partial charge in [-0.15, -0.1) is 0 Å². The standard InChI is InChI=1S/C15H16BrNO3/c1-3-9-12(13(18)20-4-2)15(9)10-7-8(16)5-6-11(10)17-14(15)19/h5-7,9,12H,3-4H2,1-2H3,(H,17,19)/t9-,12+,15+/m0/s1. The Morgan fingerprint density at radius 3 is 2.85 bits per heavy atom. The predicted octanol–water partition coefficient (Wildman–Crippen LogP) is 2.86. The molecule has 0 unspecified atom stereocenters. The summed E-state index contributed by atoms with van der Waals surface area (Å²) in [6.45, 7) is 4.14. The molecule has 0 saturated heterocycles. The number of ether oxygens (including phenoxy) is 1. The number of nitrogens with one attached hydrogen (secondary N) is 1. The second kappa shape index (κ2) is 4.58. The van der Waals surface area contributed by atoms with Crippen LogP contribution in [-0.2, 0) is 19.7 Å². The zero-order valence-electron chi connectivity index (χ0n) is 11.4. The van der Waals surface area contributed by atoms with Gasteiger partial charge < -0.3 is 10.1 Å². The quantitative estimate of drug-likeness (QED) is 0.863. The van der Waals surface area contributed by atoms with Crippen molar-refractivity contribution in [3.05, 3.63) is 28.2 Å². The van der Waals surface area contributed by atoms with Crippen molar-refractivity contribution in [3.8, 4) is 0 Å². The van der Waals surface area contributed by atoms with Crippen molar-refractivity contribution in [1.29, 1.82) is 0 Å². The van der Waals surface area contributed by atoms with Crippen LogP contribution in [0.4, 0.5) is 5.69 Å². The van der Waals surface area contributed by atoms with Gasteiger partial charge in [0.15, 0.2) is 0 Å². The number of amides is 1. The third-order valence-electron chi connectivity index (χ3n) is 4.40. The molecule has 3 atom stereocenters. The highest BCUT2D eigenvalue weighted by Crippen LogP contribution is 2.66. The van der Waals surface area contributed by atoms with Gasteiger partial charge in [-0.25, -0.2) is 0 Å². The van der Waals surface area contributed by atoms with Gasteiger partial charge in [0.2, 0.25) is 5.91 Å². The topological polar surface area (TPSA) is 55.4 Å². The van der Waals surface area contributed by atoms with E-state index in [9.17, 15) is 9.59 Å². The largest absolute Gasteiger partial charge is 0.466 e. The third kappa shape index (κ3) is 1.59. The highest BCUT2D eigenvalue weighted by Gasteiger charge is 2.75. The molecule has 0 aromatic heterocycles. The van der Waals surface area contributed by atoms with Gasteiger partial charge in [0, 0.05) is 10.2 Å². The normalized spacial score (nSPS) is 30.1. The van der Waals surface area contributed by atoms with E-state index in [2.05, 4.69) is 21.2 Å². The van der Waals surface area contributed by atoms with E-state index >= 15 is 0 Å². The van der Waals surface area contributed by atoms with Crippen LogP contribution >= 0.6 is 15.9 Å². The number of rotatable bonds is 3. The first-order valence-corrected chi connectivity index (χ1v) is 7.64. The molecule has 20 heavy (non-hydrogen) atoms. The van der Waals surface area contributed by atoms with E-state index in [1.807, 2.05) is 25.1 Å². The Hall–Kier alpha value is -1.36. The summed E-state index contributed by atoms with van der Waals surface area (Å²) in [4.78, 5) is 24.6. The number of fused-ring (bicyclic) bond motifs is 2. The second-order valence-corrected chi connectivity index (χ2v) is 6.17. The van der Waals surface area contributed by atoms with Crippen molar-refractivity contribution < 1.29 is 14.3 Å². The molecular formula is C15H16BrNO3. The van der Waals surface area contributed by atoms with E-state index in [0.29, 0.717) is 6.61 Å². The molecule has 5 heteroatoms. The number of esters is 1. The van der Waals surface area contributed by atoms with Crippen LogP contribution in [0.1, 0.15) is 25.8 Å². The number of benzene rings is 1. The SMILES string of the molecule is CCOC(=O)[C@H]1[C@H](CC)[C@]12C(=O)Nc1ccc(Br)cc12. The molecule has 3 rings (SSSR count). The van der Waals surface area contributed by atoms with Gasteiger partial charge in [-0.1, -0.05) is 29.3 Å². The minimum Gasteiger partial charge on any atom is -0.466 e. The molecule has 106 valence electrons. The summed E-state index contributed by atoms with van der Waals surface area (Å²) in [6.07, 6.45) is 0.781. The van der Waals surface area contributed by atoms with Crippen LogP contribution in [0, 0.1) is 11.8 Å². The van der Waals surface area contributed by atoms with Crippen LogP contribution in [0.25, 0.3) is 0 Å². The van der Waals surface area contributed by atoms with Gasteiger partial charge in [0.05, 0.1) is 17.9 Å².